The van der Waals surface area contributed by atoms with Crippen LogP contribution < -0.4 is 0 Å². The van der Waals surface area contributed by atoms with E-state index in [1.807, 2.05) is 19.9 Å². The standard InChI is InChI=1S/C46H64O9/c1-8-30(48)25-35-44(6)32(24-23-29-18-14-15-19-29)31-20-16-22-33(49)36(31)40(51)39(44)43(54)46(55)42(53)37(41(52)38(26(2)3)45(35,46)7)34(50)21-13-11-9-10-12-17-27(4)28(5)47/h16,20,22,26-27,29,32,35,38,49,51,53,55H,8-15,17-19,21,23-25H2,1-7H3/t27?,32-,35-,38?,44-,45-,46+/m1/s1. The van der Waals surface area contributed by atoms with Gasteiger partial charge in [-0.2, -0.15) is 0 Å². The number of unbranched alkanes of at least 4 members (excludes halogenated alkanes) is 4. The van der Waals surface area contributed by atoms with Gasteiger partial charge in [-0.05, 0) is 67.9 Å². The first-order valence-corrected chi connectivity index (χ1v) is 21.0. The molecule has 302 valence electrons. The molecule has 2 saturated carbocycles. The van der Waals surface area contributed by atoms with Gasteiger partial charge in [-0.15, -0.1) is 0 Å². The van der Waals surface area contributed by atoms with Crippen molar-refractivity contribution in [3.63, 3.8) is 0 Å². The van der Waals surface area contributed by atoms with Gasteiger partial charge in [0.15, 0.2) is 17.2 Å². The minimum atomic E-state index is -2.83. The fourth-order valence-electron chi connectivity index (χ4n) is 11.4. The zero-order valence-electron chi connectivity index (χ0n) is 34.1. The molecule has 4 aliphatic carbocycles. The van der Waals surface area contributed by atoms with Crippen LogP contribution >= 0.6 is 0 Å². The molecule has 7 atom stereocenters. The van der Waals surface area contributed by atoms with E-state index in [9.17, 15) is 39.6 Å². The number of aliphatic hydroxyl groups excluding tert-OH is 2. The Morgan fingerprint density at radius 3 is 2.16 bits per heavy atom. The molecule has 2 fully saturated rings. The average molecular weight is 761 g/mol. The molecular formula is C46H64O9. The molecule has 5 rings (SSSR count). The highest BCUT2D eigenvalue weighted by Crippen LogP contribution is 2.72. The summed E-state index contributed by atoms with van der Waals surface area (Å²) in [5.41, 5.74) is -5.91. The fraction of sp³-hybridized carbons (Fsp3) is 0.674. The highest BCUT2D eigenvalue weighted by atomic mass is 16.3. The summed E-state index contributed by atoms with van der Waals surface area (Å²) in [6, 6.07) is 4.98. The zero-order valence-corrected chi connectivity index (χ0v) is 34.1. The normalized spacial score (nSPS) is 30.0. The number of phenols is 1. The number of Topliss-reactive ketones (excluding diaryl/α,β-unsaturated/α-hetero) is 5. The Labute approximate surface area is 327 Å². The largest absolute Gasteiger partial charge is 0.508 e. The summed E-state index contributed by atoms with van der Waals surface area (Å²) in [5, 5.41) is 48.7. The number of allylic oxidation sites excluding steroid dienone is 1. The van der Waals surface area contributed by atoms with E-state index in [0.29, 0.717) is 30.7 Å². The van der Waals surface area contributed by atoms with Crippen LogP contribution in [0.25, 0.3) is 5.76 Å². The van der Waals surface area contributed by atoms with Crippen molar-refractivity contribution in [1.82, 2.24) is 0 Å². The molecule has 0 aliphatic heterocycles. The van der Waals surface area contributed by atoms with Gasteiger partial charge >= 0.3 is 0 Å². The Kier molecular flexibility index (Phi) is 12.8. The van der Waals surface area contributed by atoms with Crippen LogP contribution in [0.15, 0.2) is 35.1 Å². The van der Waals surface area contributed by atoms with Crippen molar-refractivity contribution < 1.29 is 44.4 Å². The number of aromatic hydroxyl groups is 1. The first-order chi connectivity index (χ1) is 25.9. The number of fused-ring (bicyclic) bond motifs is 3. The first kappa shape index (κ1) is 42.6. The average Bonchev–Trinajstić information content (AvgIpc) is 3.65. The Balaban J connectivity index is 1.63. The zero-order chi connectivity index (χ0) is 40.6. The summed E-state index contributed by atoms with van der Waals surface area (Å²) in [6.07, 6.45) is 10.3. The van der Waals surface area contributed by atoms with Crippen molar-refractivity contribution in [3.05, 3.63) is 46.2 Å². The summed E-state index contributed by atoms with van der Waals surface area (Å²) >= 11 is 0. The lowest BCUT2D eigenvalue weighted by molar-refractivity contribution is -0.200. The van der Waals surface area contributed by atoms with Crippen molar-refractivity contribution in [2.45, 2.75) is 156 Å². The summed E-state index contributed by atoms with van der Waals surface area (Å²) in [5.74, 6) is -6.63. The van der Waals surface area contributed by atoms with Crippen LogP contribution in [0, 0.1) is 40.4 Å². The maximum atomic E-state index is 15.4. The number of benzene rings is 1. The van der Waals surface area contributed by atoms with Gasteiger partial charge in [-0.3, -0.25) is 24.0 Å². The van der Waals surface area contributed by atoms with Crippen LogP contribution in [0.5, 0.6) is 5.75 Å². The van der Waals surface area contributed by atoms with Crippen LogP contribution in [0.4, 0.5) is 0 Å². The number of phenolic OH excluding ortho intramolecular Hbond substituents is 1. The maximum absolute atomic E-state index is 15.4. The summed E-state index contributed by atoms with van der Waals surface area (Å²) in [6.45, 7) is 12.3. The number of rotatable bonds is 17. The topological polar surface area (TPSA) is 166 Å². The smallest absolute Gasteiger partial charge is 0.203 e. The van der Waals surface area contributed by atoms with Gasteiger partial charge in [0.1, 0.15) is 34.4 Å². The molecular weight excluding hydrogens is 696 g/mol. The number of ketones is 5. The van der Waals surface area contributed by atoms with Crippen LogP contribution in [-0.2, 0) is 24.0 Å². The highest BCUT2D eigenvalue weighted by molar-refractivity contribution is 6.25. The molecule has 1 aromatic carbocycles. The van der Waals surface area contributed by atoms with Gasteiger partial charge in [0, 0.05) is 47.5 Å². The Bertz CT molecular complexity index is 1760. The quantitative estimate of drug-likeness (QED) is 0.0894. The van der Waals surface area contributed by atoms with Crippen LogP contribution in [-0.4, -0.2) is 54.9 Å². The second-order valence-corrected chi connectivity index (χ2v) is 18.1. The number of carbonyl (C=O) groups is 5. The van der Waals surface area contributed by atoms with Gasteiger partial charge in [-0.25, -0.2) is 0 Å². The van der Waals surface area contributed by atoms with Crippen molar-refractivity contribution in [2.75, 3.05) is 0 Å². The molecule has 0 spiro atoms. The third-order valence-corrected chi connectivity index (χ3v) is 14.6. The monoisotopic (exact) mass is 760 g/mol. The Morgan fingerprint density at radius 2 is 1.55 bits per heavy atom. The molecule has 2 unspecified atom stereocenters. The molecule has 55 heavy (non-hydrogen) atoms. The molecule has 1 aromatic rings. The third kappa shape index (κ3) is 7.05. The lowest BCUT2D eigenvalue weighted by atomic mass is 9.36. The predicted octanol–water partition coefficient (Wildman–Crippen LogP) is 9.23. The Hall–Kier alpha value is -3.59. The predicted molar refractivity (Wildman–Crippen MR) is 211 cm³/mol. The summed E-state index contributed by atoms with van der Waals surface area (Å²) in [4.78, 5) is 69.5. The SMILES string of the molecule is CCC(=O)C[C@@H]1[C@]2(C)C(=C(O)c3c(O)cccc3[C@H]2CCC2CCCC2)C(=O)[C@@]2(O)C(O)=C(C(=O)CCCCCCCC(C)C(C)=O)C(=O)C(C(C)C)[C@@]12C. The van der Waals surface area contributed by atoms with E-state index >= 15 is 4.79 Å². The molecule has 0 amide bonds. The molecule has 0 saturated heterocycles. The second kappa shape index (κ2) is 16.5. The van der Waals surface area contributed by atoms with Crippen LogP contribution in [0.2, 0.25) is 0 Å². The third-order valence-electron chi connectivity index (χ3n) is 14.6. The molecule has 0 heterocycles. The van der Waals surface area contributed by atoms with Crippen LogP contribution in [0.3, 0.4) is 0 Å². The minimum Gasteiger partial charge on any atom is -0.508 e. The number of hydrogen-bond acceptors (Lipinski definition) is 9. The van der Waals surface area contributed by atoms with Crippen molar-refractivity contribution in [2.24, 2.45) is 40.4 Å². The van der Waals surface area contributed by atoms with E-state index in [1.54, 1.807) is 40.7 Å². The molecule has 4 N–H and O–H groups in total. The van der Waals surface area contributed by atoms with Gasteiger partial charge in [0.25, 0.3) is 0 Å². The van der Waals surface area contributed by atoms with Crippen molar-refractivity contribution in [1.29, 1.82) is 0 Å². The van der Waals surface area contributed by atoms with E-state index < -0.39 is 74.5 Å². The number of aliphatic hydroxyl groups is 3. The van der Waals surface area contributed by atoms with Gasteiger partial charge < -0.3 is 20.4 Å². The molecule has 4 aliphatic rings. The molecule has 9 nitrogen and oxygen atoms in total. The minimum absolute atomic E-state index is 0.00813. The number of hydrogen-bond donors (Lipinski definition) is 4. The van der Waals surface area contributed by atoms with Gasteiger partial charge in [-0.1, -0.05) is 105 Å². The van der Waals surface area contributed by atoms with Crippen molar-refractivity contribution in [3.8, 4) is 5.75 Å². The highest BCUT2D eigenvalue weighted by Gasteiger charge is 2.77. The molecule has 9 heteroatoms. The summed E-state index contributed by atoms with van der Waals surface area (Å²) in [7, 11) is 0. The van der Waals surface area contributed by atoms with Gasteiger partial charge in [0.2, 0.25) is 5.78 Å². The second-order valence-electron chi connectivity index (χ2n) is 18.1. The molecule has 0 radical (unpaired) electrons. The molecule has 0 aromatic heterocycles. The van der Waals surface area contributed by atoms with Crippen molar-refractivity contribution >= 4 is 34.7 Å². The lowest BCUT2D eigenvalue weighted by Crippen LogP contribution is -2.73. The number of carbonyl (C=O) groups excluding carboxylic acids is 5. The first-order valence-electron chi connectivity index (χ1n) is 21.0. The van der Waals surface area contributed by atoms with Gasteiger partial charge in [0.05, 0.1) is 5.56 Å². The van der Waals surface area contributed by atoms with Crippen LogP contribution in [0.1, 0.15) is 162 Å². The van der Waals surface area contributed by atoms with E-state index in [1.165, 1.54) is 6.07 Å². The van der Waals surface area contributed by atoms with E-state index in [4.69, 9.17) is 0 Å². The van der Waals surface area contributed by atoms with E-state index in [-0.39, 0.29) is 53.6 Å². The fourth-order valence-corrected chi connectivity index (χ4v) is 11.4. The lowest BCUT2D eigenvalue weighted by Gasteiger charge is -2.65. The molecule has 0 bridgehead atoms. The van der Waals surface area contributed by atoms with E-state index in [2.05, 4.69) is 0 Å². The van der Waals surface area contributed by atoms with E-state index in [0.717, 1.165) is 57.8 Å². The summed E-state index contributed by atoms with van der Waals surface area (Å²) < 4.78 is 0. The Morgan fingerprint density at radius 1 is 0.909 bits per heavy atom. The maximum Gasteiger partial charge on any atom is 0.203 e.